The van der Waals surface area contributed by atoms with Gasteiger partial charge in [-0.15, -0.1) is 0 Å². The third-order valence-electron chi connectivity index (χ3n) is 2.67. The van der Waals surface area contributed by atoms with Gasteiger partial charge in [-0.25, -0.2) is 0 Å². The highest BCUT2D eigenvalue weighted by Gasteiger charge is 2.35. The Hall–Kier alpha value is -0.160. The van der Waals surface area contributed by atoms with Crippen LogP contribution in [0.2, 0.25) is 0 Å². The maximum absolute atomic E-state index is 9.05. The molecule has 0 spiro atoms. The van der Waals surface area contributed by atoms with Crippen LogP contribution in [0.25, 0.3) is 0 Å². The van der Waals surface area contributed by atoms with Crippen LogP contribution in [-0.4, -0.2) is 44.4 Å². The van der Waals surface area contributed by atoms with Crippen LogP contribution in [0.5, 0.6) is 0 Å². The number of hydrogen-bond acceptors (Lipinski definition) is 4. The summed E-state index contributed by atoms with van der Waals surface area (Å²) >= 11 is 0. The molecule has 0 saturated carbocycles. The molecule has 1 aliphatic rings. The number of aliphatic hydroxyl groups is 1. The predicted molar refractivity (Wildman–Crippen MR) is 47.3 cm³/mol. The van der Waals surface area contributed by atoms with E-state index in [0.717, 1.165) is 6.42 Å². The molecule has 1 heterocycles. The molecule has 0 aliphatic carbocycles. The van der Waals surface area contributed by atoms with Crippen molar-refractivity contribution < 1.29 is 19.3 Å². The lowest BCUT2D eigenvalue weighted by atomic mass is 9.93. The molecule has 4 nitrogen and oxygen atoms in total. The van der Waals surface area contributed by atoms with Gasteiger partial charge in [-0.3, -0.25) is 0 Å². The van der Waals surface area contributed by atoms with Crippen molar-refractivity contribution in [2.24, 2.45) is 5.92 Å². The molecule has 0 amide bonds. The van der Waals surface area contributed by atoms with Crippen molar-refractivity contribution in [3.05, 3.63) is 0 Å². The van der Waals surface area contributed by atoms with Crippen LogP contribution >= 0.6 is 0 Å². The summed E-state index contributed by atoms with van der Waals surface area (Å²) in [5.41, 5.74) is 0. The third-order valence-corrected chi connectivity index (χ3v) is 2.67. The summed E-state index contributed by atoms with van der Waals surface area (Å²) in [5, 5.41) is 9.05. The zero-order valence-electron chi connectivity index (χ0n) is 8.40. The molecule has 1 fully saturated rings. The first-order valence-corrected chi connectivity index (χ1v) is 4.54. The SMILES string of the molecule is COC1CC(OC)C(C)C(CO)O1. The molecule has 0 aromatic rings. The largest absolute Gasteiger partial charge is 0.394 e. The van der Waals surface area contributed by atoms with Crippen molar-refractivity contribution in [1.29, 1.82) is 0 Å². The third kappa shape index (κ3) is 2.40. The molecule has 4 heteroatoms. The van der Waals surface area contributed by atoms with E-state index in [-0.39, 0.29) is 31.0 Å². The van der Waals surface area contributed by atoms with Crippen molar-refractivity contribution in [2.45, 2.75) is 31.8 Å². The summed E-state index contributed by atoms with van der Waals surface area (Å²) in [6.45, 7) is 2.03. The van der Waals surface area contributed by atoms with Crippen LogP contribution in [-0.2, 0) is 14.2 Å². The Balaban J connectivity index is 2.56. The average molecular weight is 190 g/mol. The van der Waals surface area contributed by atoms with Gasteiger partial charge in [0.1, 0.15) is 0 Å². The minimum atomic E-state index is -0.252. The maximum atomic E-state index is 9.05. The Bertz CT molecular complexity index is 137. The first-order chi connectivity index (χ1) is 6.22. The van der Waals surface area contributed by atoms with Crippen LogP contribution < -0.4 is 0 Å². The van der Waals surface area contributed by atoms with Crippen molar-refractivity contribution in [2.75, 3.05) is 20.8 Å². The van der Waals surface area contributed by atoms with Gasteiger partial charge in [0, 0.05) is 26.6 Å². The summed E-state index contributed by atoms with van der Waals surface area (Å²) in [4.78, 5) is 0. The molecule has 1 N–H and O–H groups in total. The molecule has 1 rings (SSSR count). The summed E-state index contributed by atoms with van der Waals surface area (Å²) in [5.74, 6) is 0.210. The van der Waals surface area contributed by atoms with E-state index in [9.17, 15) is 0 Å². The minimum Gasteiger partial charge on any atom is -0.394 e. The van der Waals surface area contributed by atoms with Gasteiger partial charge < -0.3 is 19.3 Å². The van der Waals surface area contributed by atoms with Crippen LogP contribution in [0.3, 0.4) is 0 Å². The first kappa shape index (κ1) is 10.9. The molecule has 78 valence electrons. The Morgan fingerprint density at radius 3 is 2.54 bits per heavy atom. The monoisotopic (exact) mass is 190 g/mol. The van der Waals surface area contributed by atoms with Crippen molar-refractivity contribution >= 4 is 0 Å². The summed E-state index contributed by atoms with van der Waals surface area (Å²) < 4.78 is 15.9. The highest BCUT2D eigenvalue weighted by molar-refractivity contribution is 4.80. The van der Waals surface area contributed by atoms with Gasteiger partial charge >= 0.3 is 0 Å². The lowest BCUT2D eigenvalue weighted by molar-refractivity contribution is -0.234. The van der Waals surface area contributed by atoms with E-state index in [2.05, 4.69) is 0 Å². The smallest absolute Gasteiger partial charge is 0.160 e. The van der Waals surface area contributed by atoms with Crippen LogP contribution in [0, 0.1) is 5.92 Å². The Labute approximate surface area is 78.8 Å². The summed E-state index contributed by atoms with van der Waals surface area (Å²) in [7, 11) is 3.27. The van der Waals surface area contributed by atoms with Gasteiger partial charge in [-0.1, -0.05) is 6.92 Å². The standard InChI is InChI=1S/C9H18O4/c1-6-7(11-2)4-9(12-3)13-8(6)5-10/h6-10H,4-5H2,1-3H3. The molecule has 0 aromatic carbocycles. The zero-order valence-corrected chi connectivity index (χ0v) is 8.40. The molecule has 1 saturated heterocycles. The fourth-order valence-corrected chi connectivity index (χ4v) is 1.69. The van der Waals surface area contributed by atoms with E-state index >= 15 is 0 Å². The average Bonchev–Trinajstić information content (AvgIpc) is 2.18. The fourth-order valence-electron chi connectivity index (χ4n) is 1.69. The molecule has 0 bridgehead atoms. The number of rotatable bonds is 3. The number of aliphatic hydroxyl groups excluding tert-OH is 1. The molecule has 4 unspecified atom stereocenters. The normalized spacial score (nSPS) is 40.6. The second-order valence-electron chi connectivity index (χ2n) is 3.39. The maximum Gasteiger partial charge on any atom is 0.160 e. The van der Waals surface area contributed by atoms with E-state index in [1.54, 1.807) is 14.2 Å². The Kier molecular flexibility index (Phi) is 4.12. The predicted octanol–water partition coefficient (Wildman–Crippen LogP) is 0.391. The summed E-state index contributed by atoms with van der Waals surface area (Å²) in [6.07, 6.45) is 0.405. The highest BCUT2D eigenvalue weighted by Crippen LogP contribution is 2.27. The molecular formula is C9H18O4. The topological polar surface area (TPSA) is 47.9 Å². The van der Waals surface area contributed by atoms with Crippen LogP contribution in [0.4, 0.5) is 0 Å². The van der Waals surface area contributed by atoms with E-state index in [4.69, 9.17) is 19.3 Å². The van der Waals surface area contributed by atoms with Gasteiger partial charge in [0.05, 0.1) is 18.8 Å². The second kappa shape index (κ2) is 4.91. The molecule has 4 atom stereocenters. The first-order valence-electron chi connectivity index (χ1n) is 4.54. The fraction of sp³-hybridized carbons (Fsp3) is 1.00. The summed E-state index contributed by atoms with van der Waals surface area (Å²) in [6, 6.07) is 0. The van der Waals surface area contributed by atoms with E-state index in [0.29, 0.717) is 0 Å². The van der Waals surface area contributed by atoms with Crippen molar-refractivity contribution in [3.8, 4) is 0 Å². The molecule has 1 aliphatic heterocycles. The van der Waals surface area contributed by atoms with Crippen molar-refractivity contribution in [3.63, 3.8) is 0 Å². The van der Waals surface area contributed by atoms with Gasteiger partial charge in [0.15, 0.2) is 6.29 Å². The number of methoxy groups -OCH3 is 2. The van der Waals surface area contributed by atoms with Gasteiger partial charge in [0.25, 0.3) is 0 Å². The number of ether oxygens (including phenoxy) is 3. The van der Waals surface area contributed by atoms with Gasteiger partial charge in [-0.05, 0) is 0 Å². The van der Waals surface area contributed by atoms with Crippen LogP contribution in [0.1, 0.15) is 13.3 Å². The molecule has 0 aromatic heterocycles. The van der Waals surface area contributed by atoms with Crippen molar-refractivity contribution in [1.82, 2.24) is 0 Å². The van der Waals surface area contributed by atoms with E-state index in [1.165, 1.54) is 0 Å². The minimum absolute atomic E-state index is 0.0148. The molecular weight excluding hydrogens is 172 g/mol. The molecule has 0 radical (unpaired) electrons. The molecule has 13 heavy (non-hydrogen) atoms. The van der Waals surface area contributed by atoms with E-state index < -0.39 is 0 Å². The zero-order chi connectivity index (χ0) is 9.84. The Morgan fingerprint density at radius 1 is 1.38 bits per heavy atom. The van der Waals surface area contributed by atoms with Gasteiger partial charge in [-0.2, -0.15) is 0 Å². The number of hydrogen-bond donors (Lipinski definition) is 1. The second-order valence-corrected chi connectivity index (χ2v) is 3.39. The quantitative estimate of drug-likeness (QED) is 0.699. The highest BCUT2D eigenvalue weighted by atomic mass is 16.7. The Morgan fingerprint density at radius 2 is 2.08 bits per heavy atom. The van der Waals surface area contributed by atoms with E-state index in [1.807, 2.05) is 6.92 Å². The van der Waals surface area contributed by atoms with Crippen LogP contribution in [0.15, 0.2) is 0 Å². The lowest BCUT2D eigenvalue weighted by Crippen LogP contribution is -2.45. The lowest BCUT2D eigenvalue weighted by Gasteiger charge is -2.38. The van der Waals surface area contributed by atoms with Gasteiger partial charge in [0.2, 0.25) is 0 Å².